The van der Waals surface area contributed by atoms with E-state index in [0.717, 1.165) is 0 Å². The first-order valence-corrected chi connectivity index (χ1v) is 7.44. The van der Waals surface area contributed by atoms with Gasteiger partial charge in [0.15, 0.2) is 0 Å². The molecule has 0 saturated carbocycles. The van der Waals surface area contributed by atoms with E-state index in [1.54, 1.807) is 12.1 Å². The molecule has 0 unspecified atom stereocenters. The molecule has 0 fully saturated rings. The molecular formula is C11H8Cl6O3. The number of esters is 1. The number of carbonyl (C=O) groups is 1. The summed E-state index contributed by atoms with van der Waals surface area (Å²) in [5.41, 5.74) is 0.550. The Hall–Kier alpha value is 0.390. The van der Waals surface area contributed by atoms with E-state index in [2.05, 4.69) is 4.74 Å². The molecule has 0 aliphatic heterocycles. The van der Waals surface area contributed by atoms with Gasteiger partial charge in [0, 0.05) is 10.6 Å². The van der Waals surface area contributed by atoms with Crippen LogP contribution >= 0.6 is 69.6 Å². The molecule has 0 aliphatic carbocycles. The van der Waals surface area contributed by atoms with Gasteiger partial charge in [-0.3, -0.25) is 0 Å². The van der Waals surface area contributed by atoms with Crippen LogP contribution in [-0.2, 0) is 20.9 Å². The lowest BCUT2D eigenvalue weighted by Crippen LogP contribution is -2.23. The van der Waals surface area contributed by atoms with Gasteiger partial charge in [0.1, 0.15) is 6.61 Å². The Bertz CT molecular complexity index is 486. The van der Waals surface area contributed by atoms with Crippen molar-refractivity contribution in [3.63, 3.8) is 0 Å². The van der Waals surface area contributed by atoms with Gasteiger partial charge in [-0.1, -0.05) is 69.6 Å². The first-order chi connectivity index (χ1) is 9.23. The molecule has 1 rings (SSSR count). The number of ether oxygens (including phenoxy) is 2. The molecule has 3 nitrogen and oxygen atoms in total. The van der Waals surface area contributed by atoms with E-state index in [9.17, 15) is 4.79 Å². The first kappa shape index (κ1) is 18.4. The van der Waals surface area contributed by atoms with Gasteiger partial charge < -0.3 is 9.47 Å². The monoisotopic (exact) mass is 398 g/mol. The smallest absolute Gasteiger partial charge is 0.358 e. The maximum Gasteiger partial charge on any atom is 0.358 e. The maximum absolute atomic E-state index is 11.1. The van der Waals surface area contributed by atoms with E-state index in [0.29, 0.717) is 20.6 Å². The van der Waals surface area contributed by atoms with E-state index < -0.39 is 9.76 Å². The van der Waals surface area contributed by atoms with Crippen LogP contribution in [0.5, 0.6) is 0 Å². The fourth-order valence-electron chi connectivity index (χ4n) is 1.15. The Morgan fingerprint density at radius 1 is 1.05 bits per heavy atom. The van der Waals surface area contributed by atoms with Crippen LogP contribution in [0.1, 0.15) is 5.56 Å². The highest BCUT2D eigenvalue weighted by molar-refractivity contribution is 6.75. The minimum absolute atomic E-state index is 0.0669. The lowest BCUT2D eigenvalue weighted by Gasteiger charge is -2.12. The second-order valence-electron chi connectivity index (χ2n) is 3.51. The Morgan fingerprint density at radius 2 is 1.65 bits per heavy atom. The molecule has 0 amide bonds. The Balaban J connectivity index is 2.39. The molecule has 1 aromatic rings. The van der Waals surface area contributed by atoms with Crippen LogP contribution in [0.15, 0.2) is 12.1 Å². The molecule has 0 aromatic heterocycles. The van der Waals surface area contributed by atoms with Gasteiger partial charge >= 0.3 is 5.97 Å². The summed E-state index contributed by atoms with van der Waals surface area (Å²) in [4.78, 5) is 11.1. The molecule has 9 heteroatoms. The molecule has 0 spiro atoms. The Kier molecular flexibility index (Phi) is 7.50. The van der Waals surface area contributed by atoms with Crippen molar-refractivity contribution in [3.8, 4) is 0 Å². The number of halogens is 6. The van der Waals surface area contributed by atoms with Crippen LogP contribution in [0.2, 0.25) is 15.1 Å². The van der Waals surface area contributed by atoms with Gasteiger partial charge in [-0.15, -0.1) is 0 Å². The Morgan fingerprint density at radius 3 is 2.25 bits per heavy atom. The predicted octanol–water partition coefficient (Wildman–Crippen LogP) is 5.08. The molecule has 0 heterocycles. The number of hydrogen-bond donors (Lipinski definition) is 0. The molecule has 20 heavy (non-hydrogen) atoms. The average molecular weight is 401 g/mol. The van der Waals surface area contributed by atoms with Gasteiger partial charge in [-0.2, -0.15) is 0 Å². The topological polar surface area (TPSA) is 35.5 Å². The molecule has 0 aliphatic rings. The van der Waals surface area contributed by atoms with Crippen molar-refractivity contribution in [1.29, 1.82) is 0 Å². The van der Waals surface area contributed by atoms with Crippen molar-refractivity contribution < 1.29 is 14.3 Å². The SMILES string of the molecule is O=C(OCCOCc1c(Cl)ccc(Cl)c1Cl)C(Cl)(Cl)Cl. The van der Waals surface area contributed by atoms with Gasteiger partial charge in [-0.25, -0.2) is 4.79 Å². The molecule has 0 saturated heterocycles. The normalized spacial score (nSPS) is 11.5. The lowest BCUT2D eigenvalue weighted by atomic mass is 10.2. The zero-order valence-corrected chi connectivity index (χ0v) is 14.3. The van der Waals surface area contributed by atoms with Crippen molar-refractivity contribution >= 4 is 75.6 Å². The highest BCUT2D eigenvalue weighted by atomic mass is 35.6. The molecule has 0 N–H and O–H groups in total. The molecular weight excluding hydrogens is 393 g/mol. The van der Waals surface area contributed by atoms with Crippen molar-refractivity contribution in [2.75, 3.05) is 13.2 Å². The van der Waals surface area contributed by atoms with E-state index in [1.807, 2.05) is 0 Å². The van der Waals surface area contributed by atoms with Crippen LogP contribution in [0.4, 0.5) is 0 Å². The summed E-state index contributed by atoms with van der Waals surface area (Å²) >= 11 is 33.8. The third-order valence-corrected chi connectivity index (χ3v) is 3.74. The zero-order chi connectivity index (χ0) is 15.3. The highest BCUT2D eigenvalue weighted by Crippen LogP contribution is 2.32. The maximum atomic E-state index is 11.1. The largest absolute Gasteiger partial charge is 0.460 e. The number of alkyl halides is 3. The fourth-order valence-corrected chi connectivity index (χ4v) is 1.97. The average Bonchev–Trinajstić information content (AvgIpc) is 2.36. The highest BCUT2D eigenvalue weighted by Gasteiger charge is 2.32. The van der Waals surface area contributed by atoms with Crippen LogP contribution in [0, 0.1) is 0 Å². The summed E-state index contributed by atoms with van der Waals surface area (Å²) in [6, 6.07) is 3.19. The minimum Gasteiger partial charge on any atom is -0.460 e. The van der Waals surface area contributed by atoms with Crippen molar-refractivity contribution in [1.82, 2.24) is 0 Å². The third-order valence-electron chi connectivity index (χ3n) is 2.08. The van der Waals surface area contributed by atoms with E-state index in [4.69, 9.17) is 74.3 Å². The van der Waals surface area contributed by atoms with Crippen LogP contribution < -0.4 is 0 Å². The zero-order valence-electron chi connectivity index (χ0n) is 9.77. The first-order valence-electron chi connectivity index (χ1n) is 5.17. The lowest BCUT2D eigenvalue weighted by molar-refractivity contribution is -0.144. The predicted molar refractivity (Wildman–Crippen MR) is 82.4 cm³/mol. The second kappa shape index (κ2) is 8.14. The molecule has 0 atom stereocenters. The quantitative estimate of drug-likeness (QED) is 0.299. The molecule has 112 valence electrons. The number of carbonyl (C=O) groups excluding carboxylic acids is 1. The summed E-state index contributed by atoms with van der Waals surface area (Å²) in [6.07, 6.45) is 0. The van der Waals surface area contributed by atoms with E-state index in [-0.39, 0.29) is 19.8 Å². The number of hydrogen-bond acceptors (Lipinski definition) is 3. The standard InChI is InChI=1S/C11H8Cl6O3/c12-7-1-2-8(13)9(14)6(7)5-19-3-4-20-10(18)11(15,16)17/h1-2H,3-5H2. The number of rotatable bonds is 5. The minimum atomic E-state index is -2.10. The summed E-state index contributed by atoms with van der Waals surface area (Å²) in [5.74, 6) is -0.968. The van der Waals surface area contributed by atoms with Crippen molar-refractivity contribution in [2.24, 2.45) is 0 Å². The fraction of sp³-hybridized carbons (Fsp3) is 0.364. The summed E-state index contributed by atoms with van der Waals surface area (Å²) in [7, 11) is 0. The third kappa shape index (κ3) is 5.64. The molecule has 0 radical (unpaired) electrons. The van der Waals surface area contributed by atoms with Gasteiger partial charge in [0.2, 0.25) is 0 Å². The Labute approximate surface area is 145 Å². The van der Waals surface area contributed by atoms with Gasteiger partial charge in [-0.05, 0) is 12.1 Å². The number of benzene rings is 1. The van der Waals surface area contributed by atoms with E-state index >= 15 is 0 Å². The van der Waals surface area contributed by atoms with Crippen LogP contribution in [0.3, 0.4) is 0 Å². The summed E-state index contributed by atoms with van der Waals surface area (Å²) < 4.78 is 7.84. The summed E-state index contributed by atoms with van der Waals surface area (Å²) in [5, 5.41) is 1.12. The van der Waals surface area contributed by atoms with Gasteiger partial charge in [0.05, 0.1) is 23.3 Å². The van der Waals surface area contributed by atoms with Crippen molar-refractivity contribution in [3.05, 3.63) is 32.8 Å². The molecule has 0 bridgehead atoms. The summed E-state index contributed by atoms with van der Waals surface area (Å²) in [6.45, 7) is 0.137. The van der Waals surface area contributed by atoms with Crippen LogP contribution in [-0.4, -0.2) is 23.0 Å². The second-order valence-corrected chi connectivity index (χ2v) is 6.98. The van der Waals surface area contributed by atoms with E-state index in [1.165, 1.54) is 0 Å². The molecule has 1 aromatic carbocycles. The van der Waals surface area contributed by atoms with Crippen molar-refractivity contribution in [2.45, 2.75) is 10.4 Å². The van der Waals surface area contributed by atoms with Crippen LogP contribution in [0.25, 0.3) is 0 Å². The van der Waals surface area contributed by atoms with Gasteiger partial charge in [0.25, 0.3) is 3.79 Å².